The van der Waals surface area contributed by atoms with Crippen molar-refractivity contribution in [1.82, 2.24) is 4.90 Å². The first-order chi connectivity index (χ1) is 18.2. The predicted molar refractivity (Wildman–Crippen MR) is 155 cm³/mol. The molecule has 6 nitrogen and oxygen atoms in total. The van der Waals surface area contributed by atoms with Crippen LogP contribution in [-0.4, -0.2) is 39.6 Å². The van der Waals surface area contributed by atoms with E-state index in [4.69, 9.17) is 10.5 Å². The number of likely N-dealkylation sites (tertiary alicyclic amines) is 1. The molecule has 0 radical (unpaired) electrons. The van der Waals surface area contributed by atoms with Gasteiger partial charge in [0.25, 0.3) is 10.0 Å². The monoisotopic (exact) mass is 535 g/mol. The predicted octanol–water partition coefficient (Wildman–Crippen LogP) is 5.79. The lowest BCUT2D eigenvalue weighted by atomic mass is 9.78. The minimum atomic E-state index is -3.65. The number of hydrogen-bond donors (Lipinski definition) is 2. The van der Waals surface area contributed by atoms with Crippen LogP contribution in [0.2, 0.25) is 0 Å². The molecule has 0 aromatic heterocycles. The normalized spacial score (nSPS) is 16.8. The molecule has 3 aromatic carbocycles. The fraction of sp³-hybridized carbons (Fsp3) is 0.419. The van der Waals surface area contributed by atoms with E-state index >= 15 is 0 Å². The molecule has 1 heterocycles. The van der Waals surface area contributed by atoms with Gasteiger partial charge in [-0.1, -0.05) is 67.9 Å². The number of rotatable bonds is 11. The molecule has 1 atom stereocenters. The molecule has 0 spiro atoms. The van der Waals surface area contributed by atoms with Crippen LogP contribution in [0.5, 0.6) is 5.75 Å². The molecular weight excluding hydrogens is 494 g/mol. The van der Waals surface area contributed by atoms with Crippen LogP contribution < -0.4 is 15.2 Å². The summed E-state index contributed by atoms with van der Waals surface area (Å²) in [6, 6.07) is 24.4. The molecule has 0 aliphatic carbocycles. The van der Waals surface area contributed by atoms with Gasteiger partial charge in [0.1, 0.15) is 5.75 Å². The lowest BCUT2D eigenvalue weighted by molar-refractivity contribution is 0.127. The van der Waals surface area contributed by atoms with E-state index in [1.165, 1.54) is 5.56 Å². The van der Waals surface area contributed by atoms with E-state index in [1.54, 1.807) is 36.4 Å². The summed E-state index contributed by atoms with van der Waals surface area (Å²) in [7, 11) is -3.65. The Labute approximate surface area is 228 Å². The summed E-state index contributed by atoms with van der Waals surface area (Å²) in [6.07, 6.45) is 3.08. The molecule has 1 aliphatic rings. The zero-order valence-electron chi connectivity index (χ0n) is 22.8. The molecule has 1 unspecified atom stereocenters. The van der Waals surface area contributed by atoms with Crippen molar-refractivity contribution < 1.29 is 13.2 Å². The lowest BCUT2D eigenvalue weighted by Crippen LogP contribution is -2.46. The molecule has 3 aromatic rings. The minimum absolute atomic E-state index is 0.241. The Hall–Kier alpha value is -2.87. The number of ether oxygens (including phenoxy) is 1. The Balaban J connectivity index is 1.25. The Bertz CT molecular complexity index is 1270. The average Bonchev–Trinajstić information content (AvgIpc) is 2.92. The summed E-state index contributed by atoms with van der Waals surface area (Å²) in [4.78, 5) is 2.76. The number of piperidine rings is 1. The van der Waals surface area contributed by atoms with E-state index in [0.717, 1.165) is 44.5 Å². The minimum Gasteiger partial charge on any atom is -0.493 e. The van der Waals surface area contributed by atoms with Crippen molar-refractivity contribution in [2.75, 3.05) is 31.0 Å². The molecule has 7 heteroatoms. The molecular formula is C31H41N3O3S. The average molecular weight is 536 g/mol. The van der Waals surface area contributed by atoms with Gasteiger partial charge < -0.3 is 15.4 Å². The molecule has 204 valence electrons. The second kappa shape index (κ2) is 12.3. The smallest absolute Gasteiger partial charge is 0.261 e. The highest BCUT2D eigenvalue weighted by atomic mass is 32.2. The Kier molecular flexibility index (Phi) is 9.13. The topological polar surface area (TPSA) is 84.7 Å². The first kappa shape index (κ1) is 28.1. The number of nitrogens with zero attached hydrogens (tertiary/aromatic N) is 1. The van der Waals surface area contributed by atoms with Crippen LogP contribution in [0.15, 0.2) is 83.8 Å². The van der Waals surface area contributed by atoms with E-state index in [1.807, 2.05) is 25.1 Å². The zero-order chi connectivity index (χ0) is 27.2. The van der Waals surface area contributed by atoms with Crippen LogP contribution in [0.4, 0.5) is 5.69 Å². The third-order valence-electron chi connectivity index (χ3n) is 7.79. The molecule has 0 saturated carbocycles. The number of nitrogens with two attached hydrogens (primary N) is 1. The van der Waals surface area contributed by atoms with Gasteiger partial charge in [0.05, 0.1) is 17.2 Å². The van der Waals surface area contributed by atoms with E-state index < -0.39 is 10.0 Å². The SMILES string of the molecule is Cc1ccc(S(=O)(=O)Nc2cccc(OCC3CCN(CCC(N)(c4ccccc4)C(C)C)CC3)c2)cc1. The Morgan fingerprint density at radius 2 is 1.68 bits per heavy atom. The number of nitrogens with one attached hydrogen (secondary N) is 1. The van der Waals surface area contributed by atoms with Crippen molar-refractivity contribution in [1.29, 1.82) is 0 Å². The second-order valence-electron chi connectivity index (χ2n) is 10.9. The van der Waals surface area contributed by atoms with Crippen LogP contribution >= 0.6 is 0 Å². The molecule has 38 heavy (non-hydrogen) atoms. The van der Waals surface area contributed by atoms with Crippen LogP contribution in [0.1, 0.15) is 44.2 Å². The van der Waals surface area contributed by atoms with Gasteiger partial charge in [-0.15, -0.1) is 0 Å². The summed E-state index contributed by atoms with van der Waals surface area (Å²) in [6.45, 7) is 10.0. The number of sulfonamides is 1. The molecule has 1 aliphatic heterocycles. The summed E-state index contributed by atoms with van der Waals surface area (Å²) in [5.74, 6) is 1.50. The van der Waals surface area contributed by atoms with Crippen LogP contribution in [0, 0.1) is 18.8 Å². The van der Waals surface area contributed by atoms with Crippen molar-refractivity contribution in [3.8, 4) is 5.75 Å². The number of benzene rings is 3. The van der Waals surface area contributed by atoms with Gasteiger partial charge in [0.2, 0.25) is 0 Å². The van der Waals surface area contributed by atoms with Gasteiger partial charge in [-0.2, -0.15) is 0 Å². The highest BCUT2D eigenvalue weighted by molar-refractivity contribution is 7.92. The third kappa shape index (κ3) is 7.16. The molecule has 1 fully saturated rings. The van der Waals surface area contributed by atoms with Crippen LogP contribution in [-0.2, 0) is 15.6 Å². The Morgan fingerprint density at radius 1 is 1.00 bits per heavy atom. The number of hydrogen-bond acceptors (Lipinski definition) is 5. The maximum Gasteiger partial charge on any atom is 0.261 e. The lowest BCUT2D eigenvalue weighted by Gasteiger charge is -2.38. The quantitative estimate of drug-likeness (QED) is 0.325. The van der Waals surface area contributed by atoms with E-state index in [-0.39, 0.29) is 10.4 Å². The summed E-state index contributed by atoms with van der Waals surface area (Å²) < 4.78 is 34.2. The standard InChI is InChI=1S/C31H41N3O3S/c1-24(2)31(32,27-8-5-4-6-9-27)18-21-34-19-16-26(17-20-34)23-37-29-11-7-10-28(22-29)33-38(35,36)30-14-12-25(3)13-15-30/h4-15,22,24,26,33H,16-21,23,32H2,1-3H3. The largest absolute Gasteiger partial charge is 0.493 e. The van der Waals surface area contributed by atoms with Gasteiger partial charge in [-0.3, -0.25) is 4.72 Å². The highest BCUT2D eigenvalue weighted by Crippen LogP contribution is 2.31. The Morgan fingerprint density at radius 3 is 2.34 bits per heavy atom. The maximum absolute atomic E-state index is 12.7. The summed E-state index contributed by atoms with van der Waals surface area (Å²) in [5, 5.41) is 0. The molecule has 1 saturated heterocycles. The summed E-state index contributed by atoms with van der Waals surface area (Å²) in [5.41, 5.74) is 9.31. The van der Waals surface area contributed by atoms with Gasteiger partial charge in [-0.25, -0.2) is 8.42 Å². The van der Waals surface area contributed by atoms with Crippen molar-refractivity contribution in [3.63, 3.8) is 0 Å². The second-order valence-corrected chi connectivity index (χ2v) is 12.5. The molecule has 0 bridgehead atoms. The first-order valence-electron chi connectivity index (χ1n) is 13.5. The van der Waals surface area contributed by atoms with Gasteiger partial charge >= 0.3 is 0 Å². The summed E-state index contributed by atoms with van der Waals surface area (Å²) >= 11 is 0. The number of anilines is 1. The van der Waals surface area contributed by atoms with Gasteiger partial charge in [0.15, 0.2) is 0 Å². The van der Waals surface area contributed by atoms with E-state index in [9.17, 15) is 8.42 Å². The molecule has 4 rings (SSSR count). The highest BCUT2D eigenvalue weighted by Gasteiger charge is 2.32. The van der Waals surface area contributed by atoms with Gasteiger partial charge in [0, 0.05) is 18.2 Å². The van der Waals surface area contributed by atoms with E-state index in [0.29, 0.717) is 29.9 Å². The molecule has 3 N–H and O–H groups in total. The maximum atomic E-state index is 12.7. The van der Waals surface area contributed by atoms with Crippen molar-refractivity contribution in [2.24, 2.45) is 17.6 Å². The van der Waals surface area contributed by atoms with Crippen molar-refractivity contribution in [3.05, 3.63) is 90.0 Å². The van der Waals surface area contributed by atoms with Crippen molar-refractivity contribution in [2.45, 2.75) is 50.5 Å². The van der Waals surface area contributed by atoms with Gasteiger partial charge in [-0.05, 0) is 80.9 Å². The molecule has 0 amide bonds. The van der Waals surface area contributed by atoms with Crippen LogP contribution in [0.25, 0.3) is 0 Å². The first-order valence-corrected chi connectivity index (χ1v) is 15.0. The fourth-order valence-corrected chi connectivity index (χ4v) is 6.08. The fourth-order valence-electron chi connectivity index (χ4n) is 5.03. The van der Waals surface area contributed by atoms with Crippen LogP contribution in [0.3, 0.4) is 0 Å². The number of aryl methyl sites for hydroxylation is 1. The van der Waals surface area contributed by atoms with Crippen molar-refractivity contribution >= 4 is 15.7 Å². The zero-order valence-corrected chi connectivity index (χ0v) is 23.6. The third-order valence-corrected chi connectivity index (χ3v) is 9.19. The van der Waals surface area contributed by atoms with E-state index in [2.05, 4.69) is 47.7 Å².